The van der Waals surface area contributed by atoms with E-state index >= 15 is 0 Å². The number of unbranched alkanes of at least 4 members (excludes halogenated alkanes) is 3. The SMILES string of the molecule is CCCCCCOc1ccc(/C=N/NC(=O)COc2ccc(Cl)c(C)c2)cc1OC. The molecule has 2 aromatic carbocycles. The Balaban J connectivity index is 1.81. The van der Waals surface area contributed by atoms with Crippen molar-refractivity contribution in [3.05, 3.63) is 52.5 Å². The van der Waals surface area contributed by atoms with Crippen molar-refractivity contribution in [2.45, 2.75) is 39.5 Å². The quantitative estimate of drug-likeness (QED) is 0.286. The van der Waals surface area contributed by atoms with Gasteiger partial charge in [0, 0.05) is 5.02 Å². The molecule has 6 nitrogen and oxygen atoms in total. The number of nitrogens with one attached hydrogen (secondary N) is 1. The van der Waals surface area contributed by atoms with Crippen molar-refractivity contribution >= 4 is 23.7 Å². The summed E-state index contributed by atoms with van der Waals surface area (Å²) in [4.78, 5) is 11.9. The third-order valence-corrected chi connectivity index (χ3v) is 4.77. The number of hydrogen-bond donors (Lipinski definition) is 1. The minimum absolute atomic E-state index is 0.146. The highest BCUT2D eigenvalue weighted by atomic mass is 35.5. The second kappa shape index (κ2) is 12.8. The first-order chi connectivity index (χ1) is 14.5. The molecule has 0 unspecified atom stereocenters. The number of nitrogens with zero attached hydrogens (tertiary/aromatic N) is 1. The molecule has 0 aromatic heterocycles. The van der Waals surface area contributed by atoms with E-state index in [2.05, 4.69) is 17.5 Å². The van der Waals surface area contributed by atoms with Gasteiger partial charge in [-0.15, -0.1) is 0 Å². The van der Waals surface area contributed by atoms with Crippen LogP contribution in [0.5, 0.6) is 17.2 Å². The molecule has 0 heterocycles. The van der Waals surface area contributed by atoms with E-state index in [1.807, 2.05) is 25.1 Å². The maximum absolute atomic E-state index is 11.9. The molecule has 0 bridgehead atoms. The minimum atomic E-state index is -0.363. The average molecular weight is 433 g/mol. The van der Waals surface area contributed by atoms with Gasteiger partial charge in [-0.3, -0.25) is 4.79 Å². The monoisotopic (exact) mass is 432 g/mol. The van der Waals surface area contributed by atoms with E-state index in [-0.39, 0.29) is 12.5 Å². The lowest BCUT2D eigenvalue weighted by molar-refractivity contribution is -0.123. The largest absolute Gasteiger partial charge is 0.493 e. The topological polar surface area (TPSA) is 69.2 Å². The zero-order valence-corrected chi connectivity index (χ0v) is 18.5. The number of carbonyl (C=O) groups is 1. The number of amides is 1. The van der Waals surface area contributed by atoms with Crippen molar-refractivity contribution in [1.29, 1.82) is 0 Å². The number of methoxy groups -OCH3 is 1. The minimum Gasteiger partial charge on any atom is -0.493 e. The van der Waals surface area contributed by atoms with Crippen molar-refractivity contribution in [2.75, 3.05) is 20.3 Å². The zero-order chi connectivity index (χ0) is 21.8. The second-order valence-electron chi connectivity index (χ2n) is 6.81. The summed E-state index contributed by atoms with van der Waals surface area (Å²) >= 11 is 5.97. The fraction of sp³-hybridized carbons (Fsp3) is 0.391. The molecule has 0 aliphatic rings. The molecule has 0 atom stereocenters. The van der Waals surface area contributed by atoms with Gasteiger partial charge in [0.2, 0.25) is 0 Å². The van der Waals surface area contributed by atoms with Crippen LogP contribution in [0.3, 0.4) is 0 Å². The van der Waals surface area contributed by atoms with E-state index in [1.165, 1.54) is 19.1 Å². The summed E-state index contributed by atoms with van der Waals surface area (Å²) in [5.74, 6) is 1.54. The molecule has 1 amide bonds. The Kier molecular flexibility index (Phi) is 10.0. The van der Waals surface area contributed by atoms with Crippen LogP contribution in [0.4, 0.5) is 0 Å². The molecule has 0 saturated heterocycles. The number of ether oxygens (including phenoxy) is 3. The normalized spacial score (nSPS) is 10.8. The highest BCUT2D eigenvalue weighted by Gasteiger charge is 2.06. The lowest BCUT2D eigenvalue weighted by Crippen LogP contribution is -2.24. The molecule has 0 aliphatic heterocycles. The van der Waals surface area contributed by atoms with Gasteiger partial charge in [0.15, 0.2) is 18.1 Å². The van der Waals surface area contributed by atoms with Crippen LogP contribution in [0.1, 0.15) is 43.7 Å². The Bertz CT molecular complexity index is 855. The van der Waals surface area contributed by atoms with E-state index in [4.69, 9.17) is 25.8 Å². The number of benzene rings is 2. The first kappa shape index (κ1) is 23.5. The number of aryl methyl sites for hydroxylation is 1. The molecule has 30 heavy (non-hydrogen) atoms. The van der Waals surface area contributed by atoms with Gasteiger partial charge in [0.05, 0.1) is 19.9 Å². The highest BCUT2D eigenvalue weighted by Crippen LogP contribution is 2.27. The number of hydrogen-bond acceptors (Lipinski definition) is 5. The van der Waals surface area contributed by atoms with Gasteiger partial charge in [-0.2, -0.15) is 5.10 Å². The summed E-state index contributed by atoms with van der Waals surface area (Å²) in [5, 5.41) is 4.62. The first-order valence-corrected chi connectivity index (χ1v) is 10.4. The van der Waals surface area contributed by atoms with Crippen LogP contribution in [-0.2, 0) is 4.79 Å². The van der Waals surface area contributed by atoms with Crippen LogP contribution in [0.2, 0.25) is 5.02 Å². The van der Waals surface area contributed by atoms with Crippen LogP contribution >= 0.6 is 11.6 Å². The van der Waals surface area contributed by atoms with Crippen LogP contribution in [0, 0.1) is 6.92 Å². The first-order valence-electron chi connectivity index (χ1n) is 10.0. The van der Waals surface area contributed by atoms with Crippen LogP contribution in [0.25, 0.3) is 0 Å². The molecule has 0 fully saturated rings. The smallest absolute Gasteiger partial charge is 0.277 e. The predicted octanol–water partition coefficient (Wildman–Crippen LogP) is 5.15. The fourth-order valence-corrected chi connectivity index (χ4v) is 2.78. The van der Waals surface area contributed by atoms with Crippen molar-refractivity contribution < 1.29 is 19.0 Å². The number of halogens is 1. The van der Waals surface area contributed by atoms with E-state index < -0.39 is 0 Å². The fourth-order valence-electron chi connectivity index (χ4n) is 2.66. The summed E-state index contributed by atoms with van der Waals surface area (Å²) < 4.78 is 16.6. The zero-order valence-electron chi connectivity index (χ0n) is 17.7. The Morgan fingerprint density at radius 1 is 1.10 bits per heavy atom. The van der Waals surface area contributed by atoms with Gasteiger partial charge in [0.25, 0.3) is 5.91 Å². The summed E-state index contributed by atoms with van der Waals surface area (Å²) in [6.45, 7) is 4.57. The van der Waals surface area contributed by atoms with Crippen LogP contribution in [0.15, 0.2) is 41.5 Å². The average Bonchev–Trinajstić information content (AvgIpc) is 2.75. The van der Waals surface area contributed by atoms with Crippen molar-refractivity contribution in [3.8, 4) is 17.2 Å². The molecule has 2 aromatic rings. The van der Waals surface area contributed by atoms with Gasteiger partial charge >= 0.3 is 0 Å². The van der Waals surface area contributed by atoms with E-state index in [9.17, 15) is 4.79 Å². The summed E-state index contributed by atoms with van der Waals surface area (Å²) in [7, 11) is 1.60. The highest BCUT2D eigenvalue weighted by molar-refractivity contribution is 6.31. The maximum Gasteiger partial charge on any atom is 0.277 e. The summed E-state index contributed by atoms with van der Waals surface area (Å²) in [6, 6.07) is 10.7. The predicted molar refractivity (Wildman–Crippen MR) is 120 cm³/mol. The summed E-state index contributed by atoms with van der Waals surface area (Å²) in [6.07, 6.45) is 6.12. The molecule has 0 saturated carbocycles. The van der Waals surface area contributed by atoms with Gasteiger partial charge in [0.1, 0.15) is 5.75 Å². The summed E-state index contributed by atoms with van der Waals surface area (Å²) in [5.41, 5.74) is 4.10. The molecule has 162 valence electrons. The van der Waals surface area contributed by atoms with Crippen LogP contribution in [-0.4, -0.2) is 32.4 Å². The van der Waals surface area contributed by atoms with Gasteiger partial charge in [-0.1, -0.05) is 37.8 Å². The van der Waals surface area contributed by atoms with E-state index in [1.54, 1.807) is 25.3 Å². The Hall–Kier alpha value is -2.73. The Morgan fingerprint density at radius 3 is 2.67 bits per heavy atom. The maximum atomic E-state index is 11.9. The van der Waals surface area contributed by atoms with Crippen molar-refractivity contribution in [2.24, 2.45) is 5.10 Å². The molecular weight excluding hydrogens is 404 g/mol. The molecule has 0 radical (unpaired) electrons. The van der Waals surface area contributed by atoms with Crippen molar-refractivity contribution in [3.63, 3.8) is 0 Å². The van der Waals surface area contributed by atoms with Crippen molar-refractivity contribution in [1.82, 2.24) is 5.43 Å². The molecular formula is C23H29ClN2O4. The van der Waals surface area contributed by atoms with Gasteiger partial charge in [-0.05, 0) is 60.9 Å². The number of carbonyl (C=O) groups excluding carboxylic acids is 1. The van der Waals surface area contributed by atoms with Gasteiger partial charge < -0.3 is 14.2 Å². The van der Waals surface area contributed by atoms with E-state index in [0.717, 1.165) is 24.0 Å². The molecule has 2 rings (SSSR count). The number of hydrazone groups is 1. The lowest BCUT2D eigenvalue weighted by atomic mass is 10.2. The Labute approximate surface area is 183 Å². The molecule has 0 aliphatic carbocycles. The molecule has 1 N–H and O–H groups in total. The third-order valence-electron chi connectivity index (χ3n) is 4.35. The number of rotatable bonds is 12. The molecule has 7 heteroatoms. The van der Waals surface area contributed by atoms with Gasteiger partial charge in [-0.25, -0.2) is 5.43 Å². The van der Waals surface area contributed by atoms with E-state index in [0.29, 0.717) is 28.9 Å². The third kappa shape index (κ3) is 7.95. The van der Waals surface area contributed by atoms with Crippen LogP contribution < -0.4 is 19.6 Å². The second-order valence-corrected chi connectivity index (χ2v) is 7.22. The Morgan fingerprint density at radius 2 is 1.93 bits per heavy atom. The standard InChI is InChI=1S/C23H29ClN2O4/c1-4-5-6-7-12-29-21-11-8-18(14-22(21)28-3)15-25-26-23(27)16-30-19-9-10-20(24)17(2)13-19/h8-11,13-15H,4-7,12,16H2,1-3H3,(H,26,27)/b25-15+. The molecule has 0 spiro atoms. The lowest BCUT2D eigenvalue weighted by Gasteiger charge is -2.11.